The standard InChI is InChI=1S/C19H24FN/c1-3-8-18(21-4-2)19(15-9-6-5-7-10-15)16-11-13-17(20)14-12-16/h5-7,9-14,18-19,21H,3-4,8H2,1-2H3. The van der Waals surface area contributed by atoms with Crippen molar-refractivity contribution in [2.75, 3.05) is 6.54 Å². The smallest absolute Gasteiger partial charge is 0.123 e. The second-order valence-corrected chi connectivity index (χ2v) is 5.39. The second kappa shape index (κ2) is 7.94. The number of rotatable bonds is 7. The van der Waals surface area contributed by atoms with Gasteiger partial charge in [0.1, 0.15) is 5.82 Å². The van der Waals surface area contributed by atoms with Crippen LogP contribution < -0.4 is 5.32 Å². The molecular formula is C19H24FN. The summed E-state index contributed by atoms with van der Waals surface area (Å²) < 4.78 is 13.2. The van der Waals surface area contributed by atoms with E-state index in [-0.39, 0.29) is 11.7 Å². The first-order valence-corrected chi connectivity index (χ1v) is 7.80. The molecule has 2 atom stereocenters. The Bertz CT molecular complexity index is 515. The first kappa shape index (κ1) is 15.7. The van der Waals surface area contributed by atoms with Crippen molar-refractivity contribution < 1.29 is 4.39 Å². The lowest BCUT2D eigenvalue weighted by atomic mass is 9.83. The molecule has 2 aromatic carbocycles. The van der Waals surface area contributed by atoms with E-state index in [1.807, 2.05) is 18.2 Å². The fraction of sp³-hybridized carbons (Fsp3) is 0.368. The summed E-state index contributed by atoms with van der Waals surface area (Å²) in [6.07, 6.45) is 2.23. The second-order valence-electron chi connectivity index (χ2n) is 5.39. The van der Waals surface area contributed by atoms with Crippen molar-refractivity contribution in [2.24, 2.45) is 0 Å². The highest BCUT2D eigenvalue weighted by atomic mass is 19.1. The number of likely N-dealkylation sites (N-methyl/N-ethyl adjacent to an activating group) is 1. The molecule has 0 fully saturated rings. The highest BCUT2D eigenvalue weighted by Crippen LogP contribution is 2.30. The van der Waals surface area contributed by atoms with Gasteiger partial charge in [-0.2, -0.15) is 0 Å². The molecule has 0 aliphatic heterocycles. The van der Waals surface area contributed by atoms with Crippen LogP contribution in [0.5, 0.6) is 0 Å². The topological polar surface area (TPSA) is 12.0 Å². The molecule has 1 nitrogen and oxygen atoms in total. The van der Waals surface area contributed by atoms with Gasteiger partial charge in [0.25, 0.3) is 0 Å². The summed E-state index contributed by atoms with van der Waals surface area (Å²) in [4.78, 5) is 0. The van der Waals surface area contributed by atoms with Crippen molar-refractivity contribution in [2.45, 2.75) is 38.6 Å². The molecule has 0 radical (unpaired) electrons. The maximum absolute atomic E-state index is 13.2. The van der Waals surface area contributed by atoms with Crippen molar-refractivity contribution in [3.05, 3.63) is 71.5 Å². The monoisotopic (exact) mass is 285 g/mol. The summed E-state index contributed by atoms with van der Waals surface area (Å²) in [5, 5.41) is 3.60. The van der Waals surface area contributed by atoms with E-state index in [2.05, 4.69) is 43.4 Å². The van der Waals surface area contributed by atoms with E-state index in [1.54, 1.807) is 12.1 Å². The highest BCUT2D eigenvalue weighted by molar-refractivity contribution is 5.34. The summed E-state index contributed by atoms with van der Waals surface area (Å²) in [5.74, 6) is 0.0766. The third-order valence-corrected chi connectivity index (χ3v) is 3.86. The normalized spacial score (nSPS) is 13.9. The van der Waals surface area contributed by atoms with Crippen LogP contribution in [0.4, 0.5) is 4.39 Å². The molecule has 0 aliphatic rings. The largest absolute Gasteiger partial charge is 0.313 e. The summed E-state index contributed by atoms with van der Waals surface area (Å²) >= 11 is 0. The quantitative estimate of drug-likeness (QED) is 0.775. The summed E-state index contributed by atoms with van der Waals surface area (Å²) in [7, 11) is 0. The molecule has 2 unspecified atom stereocenters. The van der Waals surface area contributed by atoms with E-state index in [0.29, 0.717) is 6.04 Å². The van der Waals surface area contributed by atoms with Crippen molar-refractivity contribution >= 4 is 0 Å². The molecule has 0 bridgehead atoms. The van der Waals surface area contributed by atoms with Gasteiger partial charge in [0.05, 0.1) is 0 Å². The predicted molar refractivity (Wildman–Crippen MR) is 87.1 cm³/mol. The molecule has 0 aromatic heterocycles. The fourth-order valence-electron chi connectivity index (χ4n) is 2.95. The van der Waals surface area contributed by atoms with Crippen molar-refractivity contribution in [3.63, 3.8) is 0 Å². The van der Waals surface area contributed by atoms with Crippen LogP contribution in [-0.4, -0.2) is 12.6 Å². The van der Waals surface area contributed by atoms with Crippen LogP contribution in [0, 0.1) is 5.82 Å². The summed E-state index contributed by atoms with van der Waals surface area (Å²) in [6.45, 7) is 5.28. The Morgan fingerprint density at radius 2 is 1.52 bits per heavy atom. The minimum absolute atomic E-state index is 0.180. The van der Waals surface area contributed by atoms with E-state index >= 15 is 0 Å². The Kier molecular flexibility index (Phi) is 5.94. The number of benzene rings is 2. The molecule has 0 saturated heterocycles. The minimum atomic E-state index is -0.180. The van der Waals surface area contributed by atoms with Gasteiger partial charge in [-0.3, -0.25) is 0 Å². The zero-order valence-electron chi connectivity index (χ0n) is 12.9. The number of hydrogen-bond donors (Lipinski definition) is 1. The van der Waals surface area contributed by atoms with Gasteiger partial charge in [-0.05, 0) is 36.2 Å². The van der Waals surface area contributed by atoms with Crippen LogP contribution in [0.2, 0.25) is 0 Å². The maximum Gasteiger partial charge on any atom is 0.123 e. The molecule has 0 spiro atoms. The summed E-state index contributed by atoms with van der Waals surface area (Å²) in [6, 6.07) is 17.8. The third kappa shape index (κ3) is 4.15. The zero-order valence-corrected chi connectivity index (χ0v) is 12.9. The van der Waals surface area contributed by atoms with Crippen LogP contribution in [0.1, 0.15) is 43.7 Å². The molecule has 1 N–H and O–H groups in total. The van der Waals surface area contributed by atoms with E-state index in [9.17, 15) is 4.39 Å². The molecule has 2 heteroatoms. The van der Waals surface area contributed by atoms with Crippen LogP contribution in [0.3, 0.4) is 0 Å². The average Bonchev–Trinajstić information content (AvgIpc) is 2.51. The van der Waals surface area contributed by atoms with E-state index in [0.717, 1.165) is 19.4 Å². The van der Waals surface area contributed by atoms with Crippen LogP contribution in [0.25, 0.3) is 0 Å². The van der Waals surface area contributed by atoms with Crippen molar-refractivity contribution in [3.8, 4) is 0 Å². The molecule has 0 aliphatic carbocycles. The van der Waals surface area contributed by atoms with Gasteiger partial charge in [0.15, 0.2) is 0 Å². The molecule has 0 saturated carbocycles. The Labute approximate surface area is 127 Å². The van der Waals surface area contributed by atoms with Crippen molar-refractivity contribution in [1.29, 1.82) is 0 Å². The van der Waals surface area contributed by atoms with Gasteiger partial charge < -0.3 is 5.32 Å². The Morgan fingerprint density at radius 3 is 2.10 bits per heavy atom. The molecule has 2 aromatic rings. The zero-order chi connectivity index (χ0) is 15.1. The number of halogens is 1. The molecule has 21 heavy (non-hydrogen) atoms. The van der Waals surface area contributed by atoms with Crippen LogP contribution in [-0.2, 0) is 0 Å². The Hall–Kier alpha value is -1.67. The van der Waals surface area contributed by atoms with Gasteiger partial charge in [-0.25, -0.2) is 4.39 Å². The Morgan fingerprint density at radius 1 is 0.905 bits per heavy atom. The van der Waals surface area contributed by atoms with Crippen LogP contribution >= 0.6 is 0 Å². The number of hydrogen-bond acceptors (Lipinski definition) is 1. The minimum Gasteiger partial charge on any atom is -0.313 e. The molecule has 0 heterocycles. The highest BCUT2D eigenvalue weighted by Gasteiger charge is 2.23. The lowest BCUT2D eigenvalue weighted by molar-refractivity contribution is 0.445. The van der Waals surface area contributed by atoms with Gasteiger partial charge in [-0.1, -0.05) is 62.7 Å². The van der Waals surface area contributed by atoms with Gasteiger partial charge in [0.2, 0.25) is 0 Å². The lowest BCUT2D eigenvalue weighted by Crippen LogP contribution is -2.35. The van der Waals surface area contributed by atoms with Crippen molar-refractivity contribution in [1.82, 2.24) is 5.32 Å². The third-order valence-electron chi connectivity index (χ3n) is 3.86. The molecule has 0 amide bonds. The Balaban J connectivity index is 2.40. The number of nitrogens with one attached hydrogen (secondary N) is 1. The van der Waals surface area contributed by atoms with Gasteiger partial charge >= 0.3 is 0 Å². The van der Waals surface area contributed by atoms with E-state index < -0.39 is 0 Å². The lowest BCUT2D eigenvalue weighted by Gasteiger charge is -2.29. The summed E-state index contributed by atoms with van der Waals surface area (Å²) in [5.41, 5.74) is 2.45. The van der Waals surface area contributed by atoms with Gasteiger partial charge in [-0.15, -0.1) is 0 Å². The maximum atomic E-state index is 13.2. The first-order chi connectivity index (χ1) is 10.3. The predicted octanol–water partition coefficient (Wildman–Crippen LogP) is 4.74. The SMILES string of the molecule is CCCC(NCC)C(c1ccccc1)c1ccc(F)cc1. The van der Waals surface area contributed by atoms with Gasteiger partial charge in [0, 0.05) is 12.0 Å². The van der Waals surface area contributed by atoms with E-state index in [1.165, 1.54) is 11.1 Å². The fourth-order valence-corrected chi connectivity index (χ4v) is 2.95. The molecule has 2 rings (SSSR count). The molecule has 112 valence electrons. The molecular weight excluding hydrogens is 261 g/mol. The average molecular weight is 285 g/mol. The van der Waals surface area contributed by atoms with Crippen LogP contribution in [0.15, 0.2) is 54.6 Å². The first-order valence-electron chi connectivity index (χ1n) is 7.80. The van der Waals surface area contributed by atoms with E-state index in [4.69, 9.17) is 0 Å².